The molecule has 0 aliphatic carbocycles. The van der Waals surface area contributed by atoms with Crippen LogP contribution in [0.2, 0.25) is 0 Å². The molecule has 10 nitrogen and oxygen atoms in total. The molecule has 0 radical (unpaired) electrons. The van der Waals surface area contributed by atoms with Gasteiger partial charge in [-0.3, -0.25) is 9.78 Å². The van der Waals surface area contributed by atoms with E-state index in [4.69, 9.17) is 5.73 Å². The summed E-state index contributed by atoms with van der Waals surface area (Å²) in [5.41, 5.74) is 4.39. The van der Waals surface area contributed by atoms with E-state index in [1.165, 1.54) is 32.2 Å². The number of pyridine rings is 1. The maximum atomic E-state index is 15.5. The van der Waals surface area contributed by atoms with Gasteiger partial charge in [-0.25, -0.2) is 39.2 Å². The summed E-state index contributed by atoms with van der Waals surface area (Å²) in [5.74, 6) is -2.59. The van der Waals surface area contributed by atoms with E-state index in [0.717, 1.165) is 26.9 Å². The van der Waals surface area contributed by atoms with Crippen LogP contribution in [0.1, 0.15) is 48.8 Å². The third-order valence-electron chi connectivity index (χ3n) is 7.47. The minimum atomic E-state index is -4.34. The smallest absolute Gasteiger partial charge is 0.247 e. The summed E-state index contributed by atoms with van der Waals surface area (Å²) in [7, 11) is -6.93. The number of halogens is 2. The summed E-state index contributed by atoms with van der Waals surface area (Å²) in [5, 5.41) is 0. The Morgan fingerprint density at radius 1 is 1.21 bits per heavy atom. The highest BCUT2D eigenvalue weighted by molar-refractivity contribution is 7.91. The summed E-state index contributed by atoms with van der Waals surface area (Å²) in [4.78, 5) is 21.0. The lowest BCUT2D eigenvalue weighted by Gasteiger charge is -2.48. The van der Waals surface area contributed by atoms with Crippen LogP contribution in [-0.2, 0) is 32.0 Å². The topological polar surface area (TPSA) is 143 Å². The summed E-state index contributed by atoms with van der Waals surface area (Å²) >= 11 is 0. The van der Waals surface area contributed by atoms with Gasteiger partial charge in [0.05, 0.1) is 11.9 Å². The molecule has 2 atom stereocenters. The van der Waals surface area contributed by atoms with Crippen LogP contribution in [0.5, 0.6) is 0 Å². The van der Waals surface area contributed by atoms with Crippen molar-refractivity contribution in [3.8, 4) is 0 Å². The number of aromatic nitrogens is 1. The van der Waals surface area contributed by atoms with Crippen LogP contribution in [0, 0.1) is 17.6 Å². The molecule has 0 amide bonds. The molecule has 0 unspecified atom stereocenters. The van der Waals surface area contributed by atoms with Crippen molar-refractivity contribution < 1.29 is 30.4 Å². The van der Waals surface area contributed by atoms with Crippen molar-refractivity contribution in [1.29, 1.82) is 0 Å². The second-order valence-corrected chi connectivity index (χ2v) is 14.8. The second-order valence-electron chi connectivity index (χ2n) is 10.5. The van der Waals surface area contributed by atoms with E-state index >= 15 is 4.39 Å². The van der Waals surface area contributed by atoms with Crippen LogP contribution in [0.3, 0.4) is 0 Å². The Labute approximate surface area is 227 Å². The summed E-state index contributed by atoms with van der Waals surface area (Å²) in [6.07, 6.45) is 0.538. The molecule has 2 aliphatic heterocycles. The fraction of sp³-hybridized carbons (Fsp3) is 0.480. The Kier molecular flexibility index (Phi) is 7.36. The van der Waals surface area contributed by atoms with Crippen molar-refractivity contribution in [3.63, 3.8) is 0 Å². The standard InChI is InChI=1S/C25H31F2N5O5S2/c1-16(2)14-38(34,35)32-10-9-25(15-32)24(3,30-23(28)31(4)39(25,36)37)19-11-17(5-7-20(19)27)12-22(33)21-8-6-18(26)13-29-21/h5-8,11,13,16H,9-10,12,14-15H2,1-4H3,(H2,28,30)/t24-,25-/m1/s1. The molecule has 14 heteroatoms. The number of aliphatic imine (C=N–C) groups is 1. The zero-order valence-corrected chi connectivity index (χ0v) is 23.7. The molecule has 1 spiro atoms. The minimum absolute atomic E-state index is 0.0101. The lowest BCUT2D eigenvalue weighted by Crippen LogP contribution is -2.66. The molecule has 2 aliphatic rings. The van der Waals surface area contributed by atoms with E-state index in [1.807, 2.05) is 0 Å². The van der Waals surface area contributed by atoms with Gasteiger partial charge in [-0.2, -0.15) is 0 Å². The van der Waals surface area contributed by atoms with Crippen LogP contribution >= 0.6 is 0 Å². The molecular formula is C25H31F2N5O5S2. The normalized spacial score (nSPS) is 25.3. The first kappa shape index (κ1) is 29.0. The Hall–Kier alpha value is -2.97. The molecule has 1 saturated heterocycles. The van der Waals surface area contributed by atoms with Gasteiger partial charge in [-0.1, -0.05) is 19.9 Å². The van der Waals surface area contributed by atoms with Gasteiger partial charge in [-0.15, -0.1) is 0 Å². The largest absolute Gasteiger partial charge is 0.369 e. The van der Waals surface area contributed by atoms with Gasteiger partial charge in [0.2, 0.25) is 26.0 Å². The summed E-state index contributed by atoms with van der Waals surface area (Å²) in [6, 6.07) is 6.16. The predicted molar refractivity (Wildman–Crippen MR) is 142 cm³/mol. The Morgan fingerprint density at radius 2 is 1.90 bits per heavy atom. The molecule has 4 rings (SSSR count). The van der Waals surface area contributed by atoms with Gasteiger partial charge in [0, 0.05) is 32.1 Å². The van der Waals surface area contributed by atoms with E-state index in [1.54, 1.807) is 13.8 Å². The molecule has 212 valence electrons. The van der Waals surface area contributed by atoms with E-state index in [9.17, 15) is 26.0 Å². The number of guanidine groups is 1. The number of carbonyl (C=O) groups excluding carboxylic acids is 1. The van der Waals surface area contributed by atoms with Crippen molar-refractivity contribution in [2.75, 3.05) is 25.9 Å². The van der Waals surface area contributed by atoms with Gasteiger partial charge in [-0.05, 0) is 49.1 Å². The number of Topliss-reactive ketones (excluding diaryl/α,β-unsaturated/α-hetero) is 1. The van der Waals surface area contributed by atoms with Crippen molar-refractivity contribution >= 4 is 31.8 Å². The minimum Gasteiger partial charge on any atom is -0.369 e. The van der Waals surface area contributed by atoms with E-state index < -0.39 is 54.3 Å². The number of hydrogen-bond donors (Lipinski definition) is 1. The highest BCUT2D eigenvalue weighted by Gasteiger charge is 2.67. The maximum absolute atomic E-state index is 15.5. The first-order chi connectivity index (χ1) is 18.0. The number of rotatable bonds is 7. The quantitative estimate of drug-likeness (QED) is 0.491. The predicted octanol–water partition coefficient (Wildman–Crippen LogP) is 2.02. The highest BCUT2D eigenvalue weighted by atomic mass is 32.2. The molecule has 39 heavy (non-hydrogen) atoms. The fourth-order valence-corrected chi connectivity index (χ4v) is 9.39. The summed E-state index contributed by atoms with van der Waals surface area (Å²) < 4.78 is 82.9. The molecule has 3 heterocycles. The van der Waals surface area contributed by atoms with Crippen LogP contribution in [0.4, 0.5) is 8.78 Å². The number of benzene rings is 1. The first-order valence-electron chi connectivity index (χ1n) is 12.3. The number of nitrogens with two attached hydrogens (primary N) is 1. The zero-order chi connectivity index (χ0) is 29.0. The zero-order valence-electron chi connectivity index (χ0n) is 22.1. The second kappa shape index (κ2) is 9.89. The average Bonchev–Trinajstić information content (AvgIpc) is 3.32. The molecule has 1 aromatic carbocycles. The monoisotopic (exact) mass is 583 g/mol. The molecule has 1 fully saturated rings. The molecule has 0 bridgehead atoms. The SMILES string of the molecule is CC(C)CS(=O)(=O)N1CC[C@@]2(C1)[C@@](C)(c1cc(CC(=O)c3ccc(F)cn3)ccc1F)N=C(N)N(C)S2(=O)=O. The van der Waals surface area contributed by atoms with E-state index in [-0.39, 0.29) is 48.3 Å². The average molecular weight is 584 g/mol. The highest BCUT2D eigenvalue weighted by Crippen LogP contribution is 2.52. The maximum Gasteiger partial charge on any atom is 0.247 e. The number of carbonyl (C=O) groups is 1. The summed E-state index contributed by atoms with van der Waals surface area (Å²) in [6.45, 7) is 4.38. The van der Waals surface area contributed by atoms with Crippen molar-refractivity contribution in [2.45, 2.75) is 43.9 Å². The molecule has 2 aromatic rings. The van der Waals surface area contributed by atoms with Gasteiger partial charge >= 0.3 is 0 Å². The van der Waals surface area contributed by atoms with E-state index in [2.05, 4.69) is 9.98 Å². The van der Waals surface area contributed by atoms with Gasteiger partial charge in [0.15, 0.2) is 5.78 Å². The lowest BCUT2D eigenvalue weighted by molar-refractivity contribution is 0.0988. The molecule has 2 N–H and O–H groups in total. The number of sulfonamides is 2. The number of nitrogens with zero attached hydrogens (tertiary/aromatic N) is 4. The van der Waals surface area contributed by atoms with Crippen molar-refractivity contribution in [3.05, 3.63) is 65.0 Å². The number of hydrogen-bond acceptors (Lipinski definition) is 8. The molecule has 0 saturated carbocycles. The third-order valence-corrected chi connectivity index (χ3v) is 12.3. The van der Waals surface area contributed by atoms with Gasteiger partial charge in [0.25, 0.3) is 0 Å². The van der Waals surface area contributed by atoms with Crippen LogP contribution in [-0.4, -0.2) is 72.8 Å². The van der Waals surface area contributed by atoms with Gasteiger partial charge in [0.1, 0.15) is 27.6 Å². The number of ketones is 1. The Morgan fingerprint density at radius 3 is 2.51 bits per heavy atom. The lowest BCUT2D eigenvalue weighted by atomic mass is 9.77. The van der Waals surface area contributed by atoms with Crippen LogP contribution < -0.4 is 5.73 Å². The third kappa shape index (κ3) is 4.82. The molecular weight excluding hydrogens is 552 g/mol. The van der Waals surface area contributed by atoms with E-state index in [0.29, 0.717) is 5.56 Å². The molecule has 1 aromatic heterocycles. The Balaban J connectivity index is 1.82. The first-order valence-corrected chi connectivity index (χ1v) is 15.3. The fourth-order valence-electron chi connectivity index (χ4n) is 5.34. The van der Waals surface area contributed by atoms with Crippen LogP contribution in [0.25, 0.3) is 0 Å². The van der Waals surface area contributed by atoms with Gasteiger partial charge < -0.3 is 5.73 Å². The Bertz CT molecular complexity index is 1550. The van der Waals surface area contributed by atoms with Crippen LogP contribution in [0.15, 0.2) is 41.5 Å². The van der Waals surface area contributed by atoms with Crippen molar-refractivity contribution in [1.82, 2.24) is 13.6 Å². The van der Waals surface area contributed by atoms with Crippen molar-refractivity contribution in [2.24, 2.45) is 16.6 Å².